The summed E-state index contributed by atoms with van der Waals surface area (Å²) in [5, 5.41) is 5.32. The number of para-hydroxylation sites is 2. The van der Waals surface area contributed by atoms with Crippen LogP contribution in [0.1, 0.15) is 20.8 Å². The summed E-state index contributed by atoms with van der Waals surface area (Å²) < 4.78 is 12.9. The van der Waals surface area contributed by atoms with Gasteiger partial charge in [-0.2, -0.15) is 5.10 Å². The minimum atomic E-state index is -0.466. The molecule has 0 radical (unpaired) electrons. The predicted molar refractivity (Wildman–Crippen MR) is 163 cm³/mol. The lowest BCUT2D eigenvalue weighted by atomic mass is 10.2. The van der Waals surface area contributed by atoms with Crippen LogP contribution in [-0.2, 0) is 0 Å². The predicted octanol–water partition coefficient (Wildman–Crippen LogP) is 7.00. The number of hydrazone groups is 1. The van der Waals surface area contributed by atoms with Crippen molar-refractivity contribution in [3.63, 3.8) is 0 Å². The Kier molecular flexibility index (Phi) is 8.30. The first kappa shape index (κ1) is 27.2. The smallest absolute Gasteiger partial charge is 0.285 e. The molecule has 11 heteroatoms. The highest BCUT2D eigenvalue weighted by Gasteiger charge is 2.20. The van der Waals surface area contributed by atoms with Crippen LogP contribution >= 0.6 is 35.2 Å². The quantitative estimate of drug-likeness (QED) is 0.0913. The van der Waals surface area contributed by atoms with Crippen LogP contribution in [0.5, 0.6) is 11.5 Å². The van der Waals surface area contributed by atoms with Crippen molar-refractivity contribution in [2.24, 2.45) is 10.1 Å². The van der Waals surface area contributed by atoms with Crippen LogP contribution in [0, 0.1) is 3.95 Å². The summed E-state index contributed by atoms with van der Waals surface area (Å²) in [5.41, 5.74) is 5.44. The number of thiazole rings is 1. The second-order valence-corrected chi connectivity index (χ2v) is 10.3. The monoisotopic (exact) mass is 587 g/mol. The van der Waals surface area contributed by atoms with Crippen molar-refractivity contribution in [1.82, 2.24) is 15.0 Å². The number of methoxy groups -OCH3 is 2. The summed E-state index contributed by atoms with van der Waals surface area (Å²) in [6, 6.07) is 24.4. The van der Waals surface area contributed by atoms with Gasteiger partial charge in [-0.1, -0.05) is 59.3 Å². The van der Waals surface area contributed by atoms with E-state index in [0.29, 0.717) is 31.7 Å². The van der Waals surface area contributed by atoms with Crippen LogP contribution in [0.25, 0.3) is 16.6 Å². The Morgan fingerprint density at radius 3 is 2.52 bits per heavy atom. The van der Waals surface area contributed by atoms with E-state index < -0.39 is 5.91 Å². The summed E-state index contributed by atoms with van der Waals surface area (Å²) in [5.74, 6) is 1.06. The third-order valence-electron chi connectivity index (χ3n) is 5.83. The molecule has 0 aliphatic rings. The normalized spacial score (nSPS) is 11.4. The van der Waals surface area contributed by atoms with E-state index in [-0.39, 0.29) is 5.15 Å². The summed E-state index contributed by atoms with van der Waals surface area (Å²) >= 11 is 13.1. The van der Waals surface area contributed by atoms with E-state index >= 15 is 0 Å². The van der Waals surface area contributed by atoms with Gasteiger partial charge in [0.05, 0.1) is 26.0 Å². The Labute approximate surface area is 244 Å². The summed E-state index contributed by atoms with van der Waals surface area (Å²) in [4.78, 5) is 22.7. The molecule has 8 nitrogen and oxygen atoms in total. The Bertz CT molecular complexity index is 1820. The third kappa shape index (κ3) is 5.79. The maximum atomic E-state index is 13.3. The molecule has 1 amide bonds. The lowest BCUT2D eigenvalue weighted by Crippen LogP contribution is -2.17. The minimum absolute atomic E-state index is 0.280. The third-order valence-corrected chi connectivity index (χ3v) is 7.49. The van der Waals surface area contributed by atoms with Gasteiger partial charge in [0.1, 0.15) is 10.0 Å². The van der Waals surface area contributed by atoms with E-state index in [2.05, 4.69) is 20.5 Å². The fourth-order valence-corrected chi connectivity index (χ4v) is 5.38. The largest absolute Gasteiger partial charge is 0.493 e. The molecule has 2 heterocycles. The SMILES string of the molecule is COc1ccc(/C=N/c2c(C(=O)N/N=C/c3cc4ccccc4nc3Cl)sc(=S)n2-c2ccccc2)cc1OC. The average molecular weight is 588 g/mol. The number of nitrogens with zero attached hydrogens (tertiary/aromatic N) is 4. The molecule has 2 aromatic heterocycles. The minimum Gasteiger partial charge on any atom is -0.493 e. The first-order valence-corrected chi connectivity index (χ1v) is 13.5. The number of aliphatic imine (C=N–C) groups is 1. The molecule has 0 saturated heterocycles. The number of benzene rings is 3. The molecule has 0 spiro atoms. The molecular weight excluding hydrogens is 566 g/mol. The molecule has 0 bridgehead atoms. The van der Waals surface area contributed by atoms with Crippen LogP contribution in [0.2, 0.25) is 5.15 Å². The summed E-state index contributed by atoms with van der Waals surface area (Å²) in [6.45, 7) is 0. The number of hydrogen-bond acceptors (Lipinski definition) is 8. The van der Waals surface area contributed by atoms with Crippen molar-refractivity contribution in [3.8, 4) is 17.2 Å². The Hall–Kier alpha value is -4.38. The highest BCUT2D eigenvalue weighted by Crippen LogP contribution is 2.32. The number of carbonyl (C=O) groups excluding carboxylic acids is 1. The van der Waals surface area contributed by atoms with Gasteiger partial charge in [-0.05, 0) is 60.2 Å². The molecule has 0 aliphatic heterocycles. The molecule has 0 aliphatic carbocycles. The lowest BCUT2D eigenvalue weighted by molar-refractivity contribution is 0.0959. The molecule has 200 valence electrons. The van der Waals surface area contributed by atoms with Gasteiger partial charge in [-0.25, -0.2) is 15.4 Å². The van der Waals surface area contributed by atoms with Gasteiger partial charge >= 0.3 is 0 Å². The zero-order chi connectivity index (χ0) is 28.1. The average Bonchev–Trinajstić information content (AvgIpc) is 3.32. The van der Waals surface area contributed by atoms with Crippen molar-refractivity contribution in [3.05, 3.63) is 104 Å². The fraction of sp³-hybridized carbons (Fsp3) is 0.0690. The Morgan fingerprint density at radius 2 is 1.75 bits per heavy atom. The topological polar surface area (TPSA) is 90.1 Å². The van der Waals surface area contributed by atoms with E-state index in [1.165, 1.54) is 6.21 Å². The lowest BCUT2D eigenvalue weighted by Gasteiger charge is -2.08. The summed E-state index contributed by atoms with van der Waals surface area (Å²) in [7, 11) is 3.14. The van der Waals surface area contributed by atoms with Crippen molar-refractivity contribution in [1.29, 1.82) is 0 Å². The zero-order valence-corrected chi connectivity index (χ0v) is 23.8. The van der Waals surface area contributed by atoms with E-state index in [4.69, 9.17) is 33.3 Å². The number of nitrogens with one attached hydrogen (secondary N) is 1. The van der Waals surface area contributed by atoms with Gasteiger partial charge in [-0.3, -0.25) is 9.36 Å². The molecule has 0 saturated carbocycles. The first-order valence-electron chi connectivity index (χ1n) is 11.9. The second-order valence-electron chi connectivity index (χ2n) is 8.32. The maximum Gasteiger partial charge on any atom is 0.285 e. The molecule has 0 atom stereocenters. The molecule has 5 rings (SSSR count). The first-order chi connectivity index (χ1) is 19.5. The van der Waals surface area contributed by atoms with E-state index in [9.17, 15) is 4.79 Å². The zero-order valence-electron chi connectivity index (χ0n) is 21.4. The number of amides is 1. The van der Waals surface area contributed by atoms with Crippen LogP contribution in [0.15, 0.2) is 89.0 Å². The molecule has 0 unspecified atom stereocenters. The van der Waals surface area contributed by atoms with Crippen LogP contribution < -0.4 is 14.9 Å². The molecule has 5 aromatic rings. The molecule has 40 heavy (non-hydrogen) atoms. The number of carbonyl (C=O) groups is 1. The summed E-state index contributed by atoms with van der Waals surface area (Å²) in [6.07, 6.45) is 3.10. The van der Waals surface area contributed by atoms with Gasteiger partial charge in [0.2, 0.25) is 0 Å². The molecular formula is C29H22ClN5O3S2. The number of hydrogen-bond donors (Lipinski definition) is 1. The number of pyridine rings is 1. The van der Waals surface area contributed by atoms with Gasteiger partial charge in [0, 0.05) is 22.9 Å². The number of aromatic nitrogens is 2. The highest BCUT2D eigenvalue weighted by molar-refractivity contribution is 7.73. The Morgan fingerprint density at radius 1 is 1.00 bits per heavy atom. The van der Waals surface area contributed by atoms with E-state index in [0.717, 1.165) is 33.5 Å². The van der Waals surface area contributed by atoms with Crippen LogP contribution in [0.4, 0.5) is 5.82 Å². The molecule has 1 N–H and O–H groups in total. The van der Waals surface area contributed by atoms with Gasteiger partial charge in [-0.15, -0.1) is 0 Å². The highest BCUT2D eigenvalue weighted by atomic mass is 35.5. The van der Waals surface area contributed by atoms with Gasteiger partial charge < -0.3 is 9.47 Å². The molecule has 3 aromatic carbocycles. The van der Waals surface area contributed by atoms with Gasteiger partial charge in [0.15, 0.2) is 21.3 Å². The van der Waals surface area contributed by atoms with Crippen LogP contribution in [-0.4, -0.2) is 42.1 Å². The number of rotatable bonds is 8. The van der Waals surface area contributed by atoms with Crippen molar-refractivity contribution >= 4 is 70.2 Å². The number of fused-ring (bicyclic) bond motifs is 1. The fourth-order valence-electron chi connectivity index (χ4n) is 3.91. The van der Waals surface area contributed by atoms with Crippen molar-refractivity contribution in [2.75, 3.05) is 14.2 Å². The number of ether oxygens (including phenoxy) is 2. The maximum absolute atomic E-state index is 13.3. The standard InChI is InChI=1S/C29H22ClN5O3S2/c1-37-23-13-12-18(14-24(23)38-2)16-31-27-25(40-29(39)35(27)21-9-4-3-5-10-21)28(36)34-32-17-20-15-19-8-6-7-11-22(19)33-26(20)30/h3-17H,1-2H3,(H,34,36)/b31-16+,32-17+. The van der Waals surface area contributed by atoms with Crippen molar-refractivity contribution < 1.29 is 14.3 Å². The van der Waals surface area contributed by atoms with E-state index in [1.54, 1.807) is 37.1 Å². The van der Waals surface area contributed by atoms with Gasteiger partial charge in [0.25, 0.3) is 5.91 Å². The number of halogens is 1. The second kappa shape index (κ2) is 12.2. The Balaban J connectivity index is 1.48. The van der Waals surface area contributed by atoms with Crippen molar-refractivity contribution in [2.45, 2.75) is 0 Å². The molecule has 0 fully saturated rings. The van der Waals surface area contributed by atoms with E-state index in [1.807, 2.05) is 66.7 Å². The van der Waals surface area contributed by atoms with Crippen LogP contribution in [0.3, 0.4) is 0 Å².